The van der Waals surface area contributed by atoms with Crippen LogP contribution in [0.2, 0.25) is 0 Å². The van der Waals surface area contributed by atoms with Gasteiger partial charge in [0.25, 0.3) is 0 Å². The maximum atomic E-state index is 13.1. The van der Waals surface area contributed by atoms with Gasteiger partial charge in [0.2, 0.25) is 23.7 Å². The van der Waals surface area contributed by atoms with E-state index in [1.54, 1.807) is 23.1 Å². The predicted octanol–water partition coefficient (Wildman–Crippen LogP) is 4.81. The Bertz CT molecular complexity index is 1780. The van der Waals surface area contributed by atoms with Crippen LogP contribution in [0.5, 0.6) is 5.88 Å². The Morgan fingerprint density at radius 1 is 1.16 bits per heavy atom. The molecule has 5 heterocycles. The first-order valence-electron chi connectivity index (χ1n) is 15.3. The van der Waals surface area contributed by atoms with Gasteiger partial charge in [0.1, 0.15) is 6.10 Å². The molecule has 1 fully saturated rings. The van der Waals surface area contributed by atoms with Gasteiger partial charge in [0.05, 0.1) is 23.4 Å². The van der Waals surface area contributed by atoms with E-state index in [0.717, 1.165) is 65.8 Å². The third-order valence-electron chi connectivity index (χ3n) is 7.90. The zero-order valence-corrected chi connectivity index (χ0v) is 26.1. The van der Waals surface area contributed by atoms with Crippen LogP contribution in [-0.2, 0) is 11.8 Å². The normalized spacial score (nSPS) is 15.0. The van der Waals surface area contributed by atoms with Gasteiger partial charge in [-0.2, -0.15) is 10.1 Å². The van der Waals surface area contributed by atoms with Gasteiger partial charge in [-0.1, -0.05) is 25.5 Å². The first-order valence-corrected chi connectivity index (χ1v) is 15.3. The Morgan fingerprint density at radius 3 is 2.87 bits per heavy atom. The van der Waals surface area contributed by atoms with E-state index in [0.29, 0.717) is 35.8 Å². The number of aryl methyl sites for hydroxylation is 3. The van der Waals surface area contributed by atoms with E-state index in [1.165, 1.54) is 0 Å². The number of likely N-dealkylation sites (tertiary alicyclic amines) is 1. The SMILES string of the molecule is CCCCNc1nccc(O[C@H]2CCN(CC(=O)Nc3cccc4c(-c5nc(Nc6cc(C)n(C)n6)ncc5C)c[nH]c34)C2)n1. The highest BCUT2D eigenvalue weighted by atomic mass is 16.5. The van der Waals surface area contributed by atoms with Crippen molar-refractivity contribution < 1.29 is 9.53 Å². The van der Waals surface area contributed by atoms with Crippen molar-refractivity contribution in [3.05, 3.63) is 60.2 Å². The molecule has 1 saturated heterocycles. The molecule has 0 spiro atoms. The summed E-state index contributed by atoms with van der Waals surface area (Å²) in [7, 11) is 1.89. The second kappa shape index (κ2) is 13.3. The van der Waals surface area contributed by atoms with Gasteiger partial charge >= 0.3 is 0 Å². The second-order valence-electron chi connectivity index (χ2n) is 11.4. The molecule has 0 bridgehead atoms. The van der Waals surface area contributed by atoms with E-state index in [4.69, 9.17) is 9.72 Å². The van der Waals surface area contributed by atoms with Gasteiger partial charge in [0, 0.05) is 74.0 Å². The molecule has 234 valence electrons. The molecule has 1 atom stereocenters. The molecule has 5 aromatic rings. The van der Waals surface area contributed by atoms with E-state index < -0.39 is 0 Å². The van der Waals surface area contributed by atoms with Crippen LogP contribution >= 0.6 is 0 Å². The van der Waals surface area contributed by atoms with Gasteiger partial charge < -0.3 is 25.7 Å². The maximum Gasteiger partial charge on any atom is 0.238 e. The number of carbonyl (C=O) groups is 1. The molecule has 1 aromatic carbocycles. The summed E-state index contributed by atoms with van der Waals surface area (Å²) >= 11 is 0. The van der Waals surface area contributed by atoms with E-state index in [1.807, 2.05) is 51.4 Å². The quantitative estimate of drug-likeness (QED) is 0.145. The topological polar surface area (TPSA) is 151 Å². The number of benzene rings is 1. The number of anilines is 4. The van der Waals surface area contributed by atoms with Crippen molar-refractivity contribution in [3.63, 3.8) is 0 Å². The number of para-hydroxylation sites is 1. The minimum absolute atomic E-state index is 0.0391. The maximum absolute atomic E-state index is 13.1. The minimum atomic E-state index is -0.0842. The fourth-order valence-corrected chi connectivity index (χ4v) is 5.44. The molecule has 0 aliphatic carbocycles. The molecule has 0 radical (unpaired) electrons. The molecule has 1 aliphatic heterocycles. The summed E-state index contributed by atoms with van der Waals surface area (Å²) < 4.78 is 7.92. The van der Waals surface area contributed by atoms with Crippen molar-refractivity contribution in [2.24, 2.45) is 7.05 Å². The molecule has 0 saturated carbocycles. The number of hydrogen-bond acceptors (Lipinski definition) is 10. The Kier molecular flexibility index (Phi) is 8.87. The van der Waals surface area contributed by atoms with Gasteiger partial charge in [-0.3, -0.25) is 14.4 Å². The number of aromatic amines is 1. The molecule has 4 aromatic heterocycles. The van der Waals surface area contributed by atoms with Crippen molar-refractivity contribution in [2.75, 3.05) is 42.1 Å². The number of aromatic nitrogens is 7. The first kappa shape index (κ1) is 30.0. The Labute approximate surface area is 261 Å². The summed E-state index contributed by atoms with van der Waals surface area (Å²) in [5.74, 6) is 2.18. The molecule has 45 heavy (non-hydrogen) atoms. The number of rotatable bonds is 12. The number of carbonyl (C=O) groups excluding carboxylic acids is 1. The Hall–Kier alpha value is -5.04. The summed E-state index contributed by atoms with van der Waals surface area (Å²) in [4.78, 5) is 36.6. The molecule has 13 heteroatoms. The van der Waals surface area contributed by atoms with Crippen molar-refractivity contribution in [2.45, 2.75) is 46.1 Å². The van der Waals surface area contributed by atoms with Gasteiger partial charge in [-0.15, -0.1) is 0 Å². The zero-order chi connectivity index (χ0) is 31.3. The average Bonchev–Trinajstić information content (AvgIpc) is 3.73. The summed E-state index contributed by atoms with van der Waals surface area (Å²) in [6, 6.07) is 9.58. The fraction of sp³-hybridized carbons (Fsp3) is 0.375. The largest absolute Gasteiger partial charge is 0.473 e. The third kappa shape index (κ3) is 7.04. The highest BCUT2D eigenvalue weighted by molar-refractivity contribution is 6.06. The highest BCUT2D eigenvalue weighted by Crippen LogP contribution is 2.33. The van der Waals surface area contributed by atoms with Crippen LogP contribution in [0.3, 0.4) is 0 Å². The summed E-state index contributed by atoms with van der Waals surface area (Å²) in [6.07, 6.45) is 8.36. The van der Waals surface area contributed by atoms with E-state index in [2.05, 4.69) is 52.8 Å². The van der Waals surface area contributed by atoms with Crippen molar-refractivity contribution in [1.29, 1.82) is 0 Å². The summed E-state index contributed by atoms with van der Waals surface area (Å²) in [6.45, 7) is 8.63. The number of hydrogen-bond donors (Lipinski definition) is 4. The Morgan fingerprint density at radius 2 is 2.04 bits per heavy atom. The number of H-pyrrole nitrogens is 1. The standard InChI is InChI=1S/C32H39N11O2/c1-5-6-12-33-31-34-13-10-28(39-31)45-22-11-14-43(18-22)19-27(44)37-25-9-7-8-23-24(17-35-30(23)25)29-20(2)16-36-32(40-29)38-26-15-21(3)42(4)41-26/h7-10,13,15-17,22,35H,5-6,11-12,14,18-19H2,1-4H3,(H,37,44)(H,33,34,39)(H,36,38,40,41)/t22-/m0/s1. The molecule has 1 amide bonds. The summed E-state index contributed by atoms with van der Waals surface area (Å²) in [5.41, 5.74) is 5.24. The zero-order valence-electron chi connectivity index (χ0n) is 26.1. The highest BCUT2D eigenvalue weighted by Gasteiger charge is 2.26. The molecule has 0 unspecified atom stereocenters. The smallest absolute Gasteiger partial charge is 0.238 e. The number of ether oxygens (including phenoxy) is 1. The molecular weight excluding hydrogens is 570 g/mol. The van der Waals surface area contributed by atoms with Crippen LogP contribution in [-0.4, -0.2) is 77.8 Å². The van der Waals surface area contributed by atoms with Crippen LogP contribution in [0, 0.1) is 13.8 Å². The van der Waals surface area contributed by atoms with Crippen LogP contribution in [0.25, 0.3) is 22.2 Å². The van der Waals surface area contributed by atoms with Crippen molar-refractivity contribution in [1.82, 2.24) is 39.6 Å². The molecule has 4 N–H and O–H groups in total. The van der Waals surface area contributed by atoms with Gasteiger partial charge in [-0.25, -0.2) is 15.0 Å². The monoisotopic (exact) mass is 609 g/mol. The van der Waals surface area contributed by atoms with E-state index in [9.17, 15) is 4.79 Å². The molecule has 6 rings (SSSR count). The number of amides is 1. The van der Waals surface area contributed by atoms with Crippen LogP contribution in [0.1, 0.15) is 37.4 Å². The lowest BCUT2D eigenvalue weighted by Gasteiger charge is -2.17. The van der Waals surface area contributed by atoms with E-state index in [-0.39, 0.29) is 18.6 Å². The summed E-state index contributed by atoms with van der Waals surface area (Å²) in [5, 5.41) is 14.9. The molecular formula is C32H39N11O2. The lowest BCUT2D eigenvalue weighted by Crippen LogP contribution is -2.33. The second-order valence-corrected chi connectivity index (χ2v) is 11.4. The molecule has 1 aliphatic rings. The minimum Gasteiger partial charge on any atom is -0.473 e. The lowest BCUT2D eigenvalue weighted by molar-refractivity contribution is -0.117. The van der Waals surface area contributed by atoms with Crippen LogP contribution in [0.15, 0.2) is 48.9 Å². The predicted molar refractivity (Wildman–Crippen MR) is 175 cm³/mol. The van der Waals surface area contributed by atoms with Crippen molar-refractivity contribution in [3.8, 4) is 17.1 Å². The van der Waals surface area contributed by atoms with E-state index >= 15 is 0 Å². The number of nitrogens with zero attached hydrogens (tertiary/aromatic N) is 7. The lowest BCUT2D eigenvalue weighted by atomic mass is 10.1. The molecule has 13 nitrogen and oxygen atoms in total. The number of fused-ring (bicyclic) bond motifs is 1. The van der Waals surface area contributed by atoms with Crippen LogP contribution < -0.4 is 20.7 Å². The number of unbranched alkanes of at least 4 members (excludes halogenated alkanes) is 1. The van der Waals surface area contributed by atoms with Gasteiger partial charge in [-0.05, 0) is 38.3 Å². The van der Waals surface area contributed by atoms with Crippen LogP contribution in [0.4, 0.5) is 23.4 Å². The first-order chi connectivity index (χ1) is 21.9. The van der Waals surface area contributed by atoms with Gasteiger partial charge in [0.15, 0.2) is 5.82 Å². The average molecular weight is 610 g/mol. The fourth-order valence-electron chi connectivity index (χ4n) is 5.44. The Balaban J connectivity index is 1.09. The van der Waals surface area contributed by atoms with Crippen molar-refractivity contribution >= 4 is 40.2 Å². The number of nitrogens with one attached hydrogen (secondary N) is 4. The third-order valence-corrected chi connectivity index (χ3v) is 7.90.